The van der Waals surface area contributed by atoms with Gasteiger partial charge in [-0.2, -0.15) is 0 Å². The summed E-state index contributed by atoms with van der Waals surface area (Å²) in [5.74, 6) is 0. The fraction of sp³-hybridized carbons (Fsp3) is 0.154. The molecule has 3 N–H and O–H groups in total. The number of nitrogens with two attached hydrogens (primary N) is 1. The lowest BCUT2D eigenvalue weighted by Crippen LogP contribution is -2.10. The lowest BCUT2D eigenvalue weighted by atomic mass is 10.0. The Labute approximate surface area is 93.9 Å². The smallest absolute Gasteiger partial charge is 0.271 e. The molecule has 0 fully saturated rings. The first-order valence-electron chi connectivity index (χ1n) is 5.13. The maximum atomic E-state index is 11.2. The van der Waals surface area contributed by atoms with E-state index in [9.17, 15) is 4.79 Å². The van der Waals surface area contributed by atoms with Crippen molar-refractivity contribution in [3.63, 3.8) is 0 Å². The second kappa shape index (κ2) is 3.85. The number of anilines is 1. The highest BCUT2D eigenvalue weighted by Crippen LogP contribution is 2.21. The van der Waals surface area contributed by atoms with E-state index in [-0.39, 0.29) is 11.2 Å². The van der Waals surface area contributed by atoms with Gasteiger partial charge in [-0.25, -0.2) is 0 Å². The van der Waals surface area contributed by atoms with Gasteiger partial charge < -0.3 is 10.7 Å². The average molecular weight is 214 g/mol. The highest BCUT2D eigenvalue weighted by molar-refractivity contribution is 5.67. The number of hydrogen-bond donors (Lipinski definition) is 2. The van der Waals surface area contributed by atoms with Crippen molar-refractivity contribution in [2.24, 2.45) is 0 Å². The number of H-pyrrole nitrogens is 1. The Morgan fingerprint density at radius 3 is 2.19 bits per heavy atom. The number of rotatable bonds is 1. The Morgan fingerprint density at radius 1 is 1.00 bits per heavy atom. The molecule has 1 heterocycles. The van der Waals surface area contributed by atoms with Gasteiger partial charge in [0.05, 0.1) is 5.69 Å². The van der Waals surface area contributed by atoms with E-state index >= 15 is 0 Å². The number of nitrogen functional groups attached to an aromatic ring is 1. The lowest BCUT2D eigenvalue weighted by molar-refractivity contribution is 1.24. The first kappa shape index (κ1) is 10.5. The van der Waals surface area contributed by atoms with Crippen LogP contribution >= 0.6 is 0 Å². The van der Waals surface area contributed by atoms with Gasteiger partial charge in [0, 0.05) is 11.8 Å². The van der Waals surface area contributed by atoms with Gasteiger partial charge in [0.1, 0.15) is 0 Å². The van der Waals surface area contributed by atoms with E-state index < -0.39 is 0 Å². The van der Waals surface area contributed by atoms with Crippen molar-refractivity contribution < 1.29 is 0 Å². The molecule has 0 spiro atoms. The van der Waals surface area contributed by atoms with Gasteiger partial charge in [-0.1, -0.05) is 29.3 Å². The summed E-state index contributed by atoms with van der Waals surface area (Å²) in [7, 11) is 0. The summed E-state index contributed by atoms with van der Waals surface area (Å²) in [5.41, 5.74) is 9.99. The minimum atomic E-state index is -0.242. The SMILES string of the molecule is Cc1cc(C)cc(-c2c[nH]c(=O)c(N)c2)c1. The molecule has 0 aliphatic heterocycles. The highest BCUT2D eigenvalue weighted by Gasteiger charge is 2.02. The summed E-state index contributed by atoms with van der Waals surface area (Å²) < 4.78 is 0. The Kier molecular flexibility index (Phi) is 2.52. The van der Waals surface area contributed by atoms with Crippen LogP contribution in [-0.4, -0.2) is 4.98 Å². The molecule has 2 aromatic rings. The molecule has 3 heteroatoms. The van der Waals surface area contributed by atoms with Crippen LogP contribution in [0.4, 0.5) is 5.69 Å². The number of benzene rings is 1. The molecule has 0 aliphatic carbocycles. The van der Waals surface area contributed by atoms with Crippen molar-refractivity contribution in [1.29, 1.82) is 0 Å². The molecule has 0 saturated carbocycles. The average Bonchev–Trinajstić information content (AvgIpc) is 2.20. The van der Waals surface area contributed by atoms with Crippen molar-refractivity contribution in [2.45, 2.75) is 13.8 Å². The number of hydrogen-bond acceptors (Lipinski definition) is 2. The largest absolute Gasteiger partial charge is 0.394 e. The molecule has 0 bridgehead atoms. The monoisotopic (exact) mass is 214 g/mol. The first-order chi connectivity index (χ1) is 7.56. The molecule has 82 valence electrons. The quantitative estimate of drug-likeness (QED) is 0.764. The van der Waals surface area contributed by atoms with Crippen LogP contribution in [0.2, 0.25) is 0 Å². The van der Waals surface area contributed by atoms with Crippen LogP contribution in [-0.2, 0) is 0 Å². The van der Waals surface area contributed by atoms with Gasteiger partial charge in [0.25, 0.3) is 5.56 Å². The number of aryl methyl sites for hydroxylation is 2. The fourth-order valence-electron chi connectivity index (χ4n) is 1.81. The zero-order valence-corrected chi connectivity index (χ0v) is 9.37. The lowest BCUT2D eigenvalue weighted by Gasteiger charge is -2.05. The predicted molar refractivity (Wildman–Crippen MR) is 66.4 cm³/mol. The van der Waals surface area contributed by atoms with E-state index in [2.05, 4.69) is 23.2 Å². The van der Waals surface area contributed by atoms with E-state index in [1.165, 1.54) is 11.1 Å². The zero-order chi connectivity index (χ0) is 11.7. The maximum Gasteiger partial charge on any atom is 0.271 e. The first-order valence-corrected chi connectivity index (χ1v) is 5.13. The molecule has 0 saturated heterocycles. The van der Waals surface area contributed by atoms with Crippen LogP contribution in [0, 0.1) is 13.8 Å². The van der Waals surface area contributed by atoms with Gasteiger partial charge in [-0.05, 0) is 25.5 Å². The topological polar surface area (TPSA) is 58.9 Å². The number of aromatic nitrogens is 1. The van der Waals surface area contributed by atoms with Crippen molar-refractivity contribution >= 4 is 5.69 Å². The highest BCUT2D eigenvalue weighted by atomic mass is 16.1. The van der Waals surface area contributed by atoms with E-state index in [0.29, 0.717) is 0 Å². The molecule has 16 heavy (non-hydrogen) atoms. The van der Waals surface area contributed by atoms with Crippen LogP contribution < -0.4 is 11.3 Å². The molecule has 2 rings (SSSR count). The molecule has 0 atom stereocenters. The third kappa shape index (κ3) is 1.98. The standard InChI is InChI=1S/C13H14N2O/c1-8-3-9(2)5-10(4-8)11-6-12(14)13(16)15-7-11/h3-7H,14H2,1-2H3,(H,15,16). The molecule has 0 unspecified atom stereocenters. The number of pyridine rings is 1. The number of aromatic amines is 1. The Hall–Kier alpha value is -2.03. The van der Waals surface area contributed by atoms with Crippen LogP contribution in [0.1, 0.15) is 11.1 Å². The minimum Gasteiger partial charge on any atom is -0.394 e. The molecule has 0 aliphatic rings. The molecule has 1 aromatic heterocycles. The normalized spacial score (nSPS) is 10.4. The summed E-state index contributed by atoms with van der Waals surface area (Å²) in [4.78, 5) is 13.8. The van der Waals surface area contributed by atoms with Gasteiger partial charge in [0.2, 0.25) is 0 Å². The van der Waals surface area contributed by atoms with Gasteiger partial charge in [-0.3, -0.25) is 4.79 Å². The summed E-state index contributed by atoms with van der Waals surface area (Å²) >= 11 is 0. The van der Waals surface area contributed by atoms with Crippen LogP contribution in [0.15, 0.2) is 35.3 Å². The fourth-order valence-corrected chi connectivity index (χ4v) is 1.81. The third-order valence-corrected chi connectivity index (χ3v) is 2.49. The van der Waals surface area contributed by atoms with Crippen molar-refractivity contribution in [2.75, 3.05) is 5.73 Å². The maximum absolute atomic E-state index is 11.2. The van der Waals surface area contributed by atoms with Crippen molar-refractivity contribution in [1.82, 2.24) is 4.98 Å². The van der Waals surface area contributed by atoms with Gasteiger partial charge in [0.15, 0.2) is 0 Å². The molecule has 1 aromatic carbocycles. The van der Waals surface area contributed by atoms with Crippen LogP contribution in [0.25, 0.3) is 11.1 Å². The van der Waals surface area contributed by atoms with Gasteiger partial charge >= 0.3 is 0 Å². The van der Waals surface area contributed by atoms with Crippen LogP contribution in [0.5, 0.6) is 0 Å². The van der Waals surface area contributed by atoms with Crippen molar-refractivity contribution in [3.8, 4) is 11.1 Å². The van der Waals surface area contributed by atoms with E-state index in [4.69, 9.17) is 5.73 Å². The predicted octanol–water partition coefficient (Wildman–Crippen LogP) is 2.24. The summed E-state index contributed by atoms with van der Waals surface area (Å²) in [5, 5.41) is 0. The van der Waals surface area contributed by atoms with E-state index in [0.717, 1.165) is 11.1 Å². The van der Waals surface area contributed by atoms with Crippen molar-refractivity contribution in [3.05, 3.63) is 51.9 Å². The molecule has 3 nitrogen and oxygen atoms in total. The second-order valence-electron chi connectivity index (χ2n) is 4.05. The molecular weight excluding hydrogens is 200 g/mol. The summed E-state index contributed by atoms with van der Waals surface area (Å²) in [6, 6.07) is 7.95. The van der Waals surface area contributed by atoms with Gasteiger partial charge in [-0.15, -0.1) is 0 Å². The van der Waals surface area contributed by atoms with Crippen LogP contribution in [0.3, 0.4) is 0 Å². The number of nitrogens with one attached hydrogen (secondary N) is 1. The Morgan fingerprint density at radius 2 is 1.62 bits per heavy atom. The second-order valence-corrected chi connectivity index (χ2v) is 4.05. The molecule has 0 radical (unpaired) electrons. The van der Waals surface area contributed by atoms with E-state index in [1.807, 2.05) is 13.8 Å². The van der Waals surface area contributed by atoms with E-state index in [1.54, 1.807) is 12.3 Å². The summed E-state index contributed by atoms with van der Waals surface area (Å²) in [6.07, 6.45) is 1.69. The zero-order valence-electron chi connectivity index (χ0n) is 9.37. The Bertz CT molecular complexity index is 564. The summed E-state index contributed by atoms with van der Waals surface area (Å²) in [6.45, 7) is 4.09. The molecule has 0 amide bonds. The molecular formula is C13H14N2O. The minimum absolute atomic E-state index is 0.242. The third-order valence-electron chi connectivity index (χ3n) is 2.49. The Balaban J connectivity index is 2.58.